The minimum atomic E-state index is -0.773. The van der Waals surface area contributed by atoms with E-state index < -0.39 is 23.7 Å². The standard InChI is InChI=1S/C14H26N2O5/c1-5-19-12(17)11(8-10-9-15-6-7-20-10)16-13(18)21-14(2,3)4/h10-11,15H,5-9H2,1-4H3,(H,16,18)/t10-,11-/m0/s1. The highest BCUT2D eigenvalue weighted by Gasteiger charge is 2.29. The van der Waals surface area contributed by atoms with Crippen LogP contribution in [0.3, 0.4) is 0 Å². The van der Waals surface area contributed by atoms with E-state index in [2.05, 4.69) is 10.6 Å². The molecule has 0 bridgehead atoms. The average Bonchev–Trinajstić information content (AvgIpc) is 2.37. The Morgan fingerprint density at radius 3 is 2.67 bits per heavy atom. The van der Waals surface area contributed by atoms with Crippen molar-refractivity contribution in [3.63, 3.8) is 0 Å². The van der Waals surface area contributed by atoms with Gasteiger partial charge in [0.25, 0.3) is 0 Å². The minimum absolute atomic E-state index is 0.136. The van der Waals surface area contributed by atoms with Crippen LogP contribution in [0.4, 0.5) is 4.79 Å². The molecule has 7 nitrogen and oxygen atoms in total. The van der Waals surface area contributed by atoms with Crippen molar-refractivity contribution in [3.8, 4) is 0 Å². The quantitative estimate of drug-likeness (QED) is 0.731. The molecule has 0 unspecified atom stereocenters. The molecule has 21 heavy (non-hydrogen) atoms. The summed E-state index contributed by atoms with van der Waals surface area (Å²) in [5.41, 5.74) is -0.619. The Balaban J connectivity index is 2.58. The molecule has 2 N–H and O–H groups in total. The lowest BCUT2D eigenvalue weighted by Gasteiger charge is -2.28. The highest BCUT2D eigenvalue weighted by atomic mass is 16.6. The summed E-state index contributed by atoms with van der Waals surface area (Å²) in [6.07, 6.45) is -0.419. The van der Waals surface area contributed by atoms with E-state index in [4.69, 9.17) is 14.2 Å². The molecule has 0 saturated carbocycles. The lowest BCUT2D eigenvalue weighted by atomic mass is 10.1. The number of hydrogen-bond donors (Lipinski definition) is 2. The van der Waals surface area contributed by atoms with Crippen molar-refractivity contribution in [2.24, 2.45) is 0 Å². The largest absolute Gasteiger partial charge is 0.464 e. The van der Waals surface area contributed by atoms with Crippen molar-refractivity contribution in [1.29, 1.82) is 0 Å². The van der Waals surface area contributed by atoms with Gasteiger partial charge in [-0.15, -0.1) is 0 Å². The maximum Gasteiger partial charge on any atom is 0.408 e. The number of rotatable bonds is 5. The zero-order valence-corrected chi connectivity index (χ0v) is 13.2. The number of esters is 1. The molecule has 0 aromatic carbocycles. The van der Waals surface area contributed by atoms with Crippen molar-refractivity contribution < 1.29 is 23.8 Å². The van der Waals surface area contributed by atoms with Gasteiger partial charge in [-0.1, -0.05) is 0 Å². The predicted molar refractivity (Wildman–Crippen MR) is 77.0 cm³/mol. The highest BCUT2D eigenvalue weighted by molar-refractivity contribution is 5.81. The average molecular weight is 302 g/mol. The summed E-state index contributed by atoms with van der Waals surface area (Å²) < 4.78 is 15.7. The molecular formula is C14H26N2O5. The highest BCUT2D eigenvalue weighted by Crippen LogP contribution is 2.10. The minimum Gasteiger partial charge on any atom is -0.464 e. The van der Waals surface area contributed by atoms with Gasteiger partial charge >= 0.3 is 12.1 Å². The van der Waals surface area contributed by atoms with Crippen LogP contribution in [0.1, 0.15) is 34.1 Å². The molecule has 0 aromatic rings. The Morgan fingerprint density at radius 2 is 2.14 bits per heavy atom. The van der Waals surface area contributed by atoms with Crippen LogP contribution in [0.2, 0.25) is 0 Å². The maximum atomic E-state index is 11.9. The summed E-state index contributed by atoms with van der Waals surface area (Å²) in [5.74, 6) is -0.475. The van der Waals surface area contributed by atoms with E-state index in [1.165, 1.54) is 0 Å². The van der Waals surface area contributed by atoms with Crippen LogP contribution in [-0.2, 0) is 19.0 Å². The first-order valence-electron chi connectivity index (χ1n) is 7.30. The third kappa shape index (κ3) is 7.29. The van der Waals surface area contributed by atoms with E-state index in [1.54, 1.807) is 27.7 Å². The molecule has 1 amide bonds. The number of carbonyl (C=O) groups excluding carboxylic acids is 2. The van der Waals surface area contributed by atoms with Crippen LogP contribution in [0, 0.1) is 0 Å². The van der Waals surface area contributed by atoms with Gasteiger partial charge in [0.05, 0.1) is 19.3 Å². The Kier molecular flexibility index (Phi) is 6.91. The Labute approximate surface area is 125 Å². The second-order valence-corrected chi connectivity index (χ2v) is 5.88. The van der Waals surface area contributed by atoms with Gasteiger partial charge in [-0.05, 0) is 27.7 Å². The molecule has 1 heterocycles. The topological polar surface area (TPSA) is 85.9 Å². The molecule has 2 atom stereocenters. The molecule has 0 spiro atoms. The van der Waals surface area contributed by atoms with E-state index in [0.717, 1.165) is 6.54 Å². The van der Waals surface area contributed by atoms with Crippen LogP contribution in [0.25, 0.3) is 0 Å². The third-order valence-electron chi connectivity index (χ3n) is 2.77. The van der Waals surface area contributed by atoms with Gasteiger partial charge < -0.3 is 24.8 Å². The zero-order chi connectivity index (χ0) is 15.9. The Morgan fingerprint density at radius 1 is 1.43 bits per heavy atom. The monoisotopic (exact) mass is 302 g/mol. The lowest BCUT2D eigenvalue weighted by molar-refractivity contribution is -0.147. The molecule has 0 aromatic heterocycles. The van der Waals surface area contributed by atoms with Crippen LogP contribution in [0.15, 0.2) is 0 Å². The van der Waals surface area contributed by atoms with Gasteiger partial charge in [-0.2, -0.15) is 0 Å². The van der Waals surface area contributed by atoms with Crippen molar-refractivity contribution >= 4 is 12.1 Å². The van der Waals surface area contributed by atoms with Crippen molar-refractivity contribution in [2.45, 2.75) is 51.9 Å². The fourth-order valence-electron chi connectivity index (χ4n) is 1.94. The number of hydrogen-bond acceptors (Lipinski definition) is 6. The van der Waals surface area contributed by atoms with Crippen molar-refractivity contribution in [3.05, 3.63) is 0 Å². The SMILES string of the molecule is CCOC(=O)[C@H](C[C@H]1CNCCO1)NC(=O)OC(C)(C)C. The molecule has 1 saturated heterocycles. The van der Waals surface area contributed by atoms with E-state index in [-0.39, 0.29) is 12.7 Å². The normalized spacial score (nSPS) is 20.5. The second-order valence-electron chi connectivity index (χ2n) is 5.88. The molecular weight excluding hydrogens is 276 g/mol. The fraction of sp³-hybridized carbons (Fsp3) is 0.857. The van der Waals surface area contributed by atoms with Crippen LogP contribution in [-0.4, -0.2) is 56.1 Å². The summed E-state index contributed by atoms with van der Waals surface area (Å²) in [6.45, 7) is 9.30. The van der Waals surface area contributed by atoms with Crippen LogP contribution in [0.5, 0.6) is 0 Å². The first-order chi connectivity index (χ1) is 9.81. The molecule has 7 heteroatoms. The molecule has 0 radical (unpaired) electrons. The summed E-state index contributed by atoms with van der Waals surface area (Å²) in [6, 6.07) is -0.773. The van der Waals surface area contributed by atoms with E-state index in [9.17, 15) is 9.59 Å². The maximum absolute atomic E-state index is 11.9. The number of ether oxygens (including phenoxy) is 3. The summed E-state index contributed by atoms with van der Waals surface area (Å²) >= 11 is 0. The van der Waals surface area contributed by atoms with E-state index >= 15 is 0 Å². The number of alkyl carbamates (subject to hydrolysis) is 1. The Hall–Kier alpha value is -1.34. The summed E-state index contributed by atoms with van der Waals surface area (Å²) in [5, 5.41) is 5.74. The van der Waals surface area contributed by atoms with E-state index in [1.807, 2.05) is 0 Å². The molecule has 1 aliphatic rings. The van der Waals surface area contributed by atoms with Crippen molar-refractivity contribution in [1.82, 2.24) is 10.6 Å². The smallest absolute Gasteiger partial charge is 0.408 e. The van der Waals surface area contributed by atoms with Gasteiger partial charge in [0, 0.05) is 19.5 Å². The van der Waals surface area contributed by atoms with Gasteiger partial charge in [0.1, 0.15) is 11.6 Å². The fourth-order valence-corrected chi connectivity index (χ4v) is 1.94. The van der Waals surface area contributed by atoms with Crippen LogP contribution >= 0.6 is 0 Å². The summed E-state index contributed by atoms with van der Waals surface area (Å²) in [7, 11) is 0. The second kappa shape index (κ2) is 8.19. The summed E-state index contributed by atoms with van der Waals surface area (Å²) in [4.78, 5) is 23.8. The number of morpholine rings is 1. The van der Waals surface area contributed by atoms with E-state index in [0.29, 0.717) is 19.6 Å². The van der Waals surface area contributed by atoms with Gasteiger partial charge in [0.15, 0.2) is 0 Å². The predicted octanol–water partition coefficient (Wildman–Crippen LogP) is 0.821. The molecule has 122 valence electrons. The number of nitrogens with one attached hydrogen (secondary N) is 2. The van der Waals surface area contributed by atoms with Crippen molar-refractivity contribution in [2.75, 3.05) is 26.3 Å². The van der Waals surface area contributed by atoms with Gasteiger partial charge in [-0.3, -0.25) is 0 Å². The molecule has 1 aliphatic heterocycles. The number of carbonyl (C=O) groups is 2. The Bertz CT molecular complexity index is 348. The van der Waals surface area contributed by atoms with Crippen LogP contribution < -0.4 is 10.6 Å². The molecule has 0 aliphatic carbocycles. The first-order valence-corrected chi connectivity index (χ1v) is 7.30. The lowest BCUT2D eigenvalue weighted by Crippen LogP contribution is -2.49. The third-order valence-corrected chi connectivity index (χ3v) is 2.77. The van der Waals surface area contributed by atoms with Gasteiger partial charge in [0.2, 0.25) is 0 Å². The first kappa shape index (κ1) is 17.7. The zero-order valence-electron chi connectivity index (χ0n) is 13.2. The molecule has 1 rings (SSSR count). The molecule has 1 fully saturated rings. The van der Waals surface area contributed by atoms with Gasteiger partial charge in [-0.25, -0.2) is 9.59 Å². The number of amides is 1.